The molecule has 0 spiro atoms. The average molecular weight is 382 g/mol. The van der Waals surface area contributed by atoms with Gasteiger partial charge < -0.3 is 9.47 Å². The van der Waals surface area contributed by atoms with Crippen molar-refractivity contribution in [2.24, 2.45) is 0 Å². The zero-order valence-corrected chi connectivity index (χ0v) is 16.2. The van der Waals surface area contributed by atoms with E-state index in [9.17, 15) is 0 Å². The van der Waals surface area contributed by atoms with Crippen molar-refractivity contribution >= 4 is 17.9 Å². The number of anilines is 1. The van der Waals surface area contributed by atoms with Gasteiger partial charge in [0.1, 0.15) is 0 Å². The molecule has 140 valence electrons. The predicted octanol–water partition coefficient (Wildman–Crippen LogP) is 2.67. The summed E-state index contributed by atoms with van der Waals surface area (Å²) in [6.07, 6.45) is 7.27. The van der Waals surface area contributed by atoms with Crippen molar-refractivity contribution in [2.75, 3.05) is 31.1 Å². The summed E-state index contributed by atoms with van der Waals surface area (Å²) in [6, 6.07) is 8.08. The standard InChI is InChI=1S/C19H23N7S/c1-2-25-18(16-3-7-20-8-4-16)22-26(19(25)27)15-23-11-13-24(14-12-23)17-5-9-21-10-6-17/h3-10H,2,11-15H2,1H3. The van der Waals surface area contributed by atoms with Crippen molar-refractivity contribution < 1.29 is 0 Å². The van der Waals surface area contributed by atoms with E-state index in [1.165, 1.54) is 5.69 Å². The highest BCUT2D eigenvalue weighted by Gasteiger charge is 2.19. The van der Waals surface area contributed by atoms with Crippen LogP contribution in [0.1, 0.15) is 6.92 Å². The summed E-state index contributed by atoms with van der Waals surface area (Å²) < 4.78 is 4.79. The van der Waals surface area contributed by atoms with E-state index < -0.39 is 0 Å². The Balaban J connectivity index is 1.48. The Labute approximate surface area is 163 Å². The zero-order chi connectivity index (χ0) is 18.6. The molecule has 0 N–H and O–H groups in total. The summed E-state index contributed by atoms with van der Waals surface area (Å²) in [5.41, 5.74) is 2.27. The lowest BCUT2D eigenvalue weighted by molar-refractivity contribution is 0.194. The molecular weight excluding hydrogens is 358 g/mol. The lowest BCUT2D eigenvalue weighted by atomic mass is 10.2. The van der Waals surface area contributed by atoms with Crippen LogP contribution in [0.4, 0.5) is 5.69 Å². The molecule has 7 nitrogen and oxygen atoms in total. The Morgan fingerprint density at radius 2 is 1.56 bits per heavy atom. The number of piperazine rings is 1. The van der Waals surface area contributed by atoms with Crippen LogP contribution in [-0.4, -0.2) is 55.4 Å². The highest BCUT2D eigenvalue weighted by atomic mass is 32.1. The van der Waals surface area contributed by atoms with Gasteiger partial charge in [-0.3, -0.25) is 14.9 Å². The molecule has 0 radical (unpaired) electrons. The van der Waals surface area contributed by atoms with Gasteiger partial charge in [0.15, 0.2) is 10.6 Å². The van der Waals surface area contributed by atoms with Gasteiger partial charge in [0.05, 0.1) is 6.67 Å². The number of nitrogens with zero attached hydrogens (tertiary/aromatic N) is 7. The first-order chi connectivity index (χ1) is 13.3. The summed E-state index contributed by atoms with van der Waals surface area (Å²) in [7, 11) is 0. The monoisotopic (exact) mass is 381 g/mol. The van der Waals surface area contributed by atoms with Gasteiger partial charge in [-0.1, -0.05) is 0 Å². The fourth-order valence-corrected chi connectivity index (χ4v) is 3.74. The first-order valence-electron chi connectivity index (χ1n) is 9.21. The molecule has 0 aliphatic carbocycles. The fourth-order valence-electron chi connectivity index (χ4n) is 3.42. The number of hydrogen-bond donors (Lipinski definition) is 0. The van der Waals surface area contributed by atoms with E-state index in [4.69, 9.17) is 17.3 Å². The molecule has 1 aliphatic heterocycles. The Bertz CT molecular complexity index is 928. The summed E-state index contributed by atoms with van der Waals surface area (Å²) in [5.74, 6) is 0.903. The van der Waals surface area contributed by atoms with E-state index in [1.807, 2.05) is 29.2 Å². The molecule has 3 aromatic rings. The van der Waals surface area contributed by atoms with Crippen molar-refractivity contribution in [1.29, 1.82) is 0 Å². The summed E-state index contributed by atoms with van der Waals surface area (Å²) in [5, 5.41) is 4.81. The molecular formula is C19H23N7S. The maximum absolute atomic E-state index is 5.68. The third kappa shape index (κ3) is 3.77. The van der Waals surface area contributed by atoms with E-state index in [-0.39, 0.29) is 0 Å². The highest BCUT2D eigenvalue weighted by molar-refractivity contribution is 7.71. The van der Waals surface area contributed by atoms with Gasteiger partial charge in [-0.15, -0.1) is 0 Å². The molecule has 4 rings (SSSR count). The maximum atomic E-state index is 5.68. The topological polar surface area (TPSA) is 55.0 Å². The lowest BCUT2D eigenvalue weighted by Crippen LogP contribution is -2.47. The largest absolute Gasteiger partial charge is 0.369 e. The third-order valence-electron chi connectivity index (χ3n) is 4.91. The minimum Gasteiger partial charge on any atom is -0.369 e. The quantitative estimate of drug-likeness (QED) is 0.634. The van der Waals surface area contributed by atoms with Crippen molar-refractivity contribution in [2.45, 2.75) is 20.1 Å². The molecule has 27 heavy (non-hydrogen) atoms. The van der Waals surface area contributed by atoms with E-state index >= 15 is 0 Å². The second-order valence-corrected chi connectivity index (χ2v) is 6.90. The zero-order valence-electron chi connectivity index (χ0n) is 15.4. The van der Waals surface area contributed by atoms with E-state index in [0.29, 0.717) is 6.67 Å². The molecule has 1 fully saturated rings. The van der Waals surface area contributed by atoms with Crippen LogP contribution in [0.15, 0.2) is 49.1 Å². The SMILES string of the molecule is CCn1c(-c2ccncc2)nn(CN2CCN(c3ccncc3)CC2)c1=S. The smallest absolute Gasteiger partial charge is 0.199 e. The molecule has 1 saturated heterocycles. The lowest BCUT2D eigenvalue weighted by Gasteiger charge is -2.35. The van der Waals surface area contributed by atoms with Crippen molar-refractivity contribution in [3.05, 3.63) is 53.8 Å². The van der Waals surface area contributed by atoms with Crippen LogP contribution < -0.4 is 4.90 Å². The molecule has 1 aliphatic rings. The molecule has 0 unspecified atom stereocenters. The van der Waals surface area contributed by atoms with E-state index in [2.05, 4.69) is 43.4 Å². The Morgan fingerprint density at radius 3 is 2.19 bits per heavy atom. The molecule has 4 heterocycles. The first kappa shape index (κ1) is 17.8. The fraction of sp³-hybridized carbons (Fsp3) is 0.368. The summed E-state index contributed by atoms with van der Waals surface area (Å²) >= 11 is 5.68. The average Bonchev–Trinajstić information content (AvgIpc) is 3.05. The summed E-state index contributed by atoms with van der Waals surface area (Å²) in [4.78, 5) is 13.0. The normalized spacial score (nSPS) is 15.2. The molecule has 0 bridgehead atoms. The predicted molar refractivity (Wildman–Crippen MR) is 108 cm³/mol. The Kier molecular flexibility index (Phi) is 5.26. The number of pyridine rings is 2. The van der Waals surface area contributed by atoms with Gasteiger partial charge >= 0.3 is 0 Å². The van der Waals surface area contributed by atoms with Gasteiger partial charge in [0.25, 0.3) is 0 Å². The number of hydrogen-bond acceptors (Lipinski definition) is 6. The molecule has 0 aromatic carbocycles. The minimum atomic E-state index is 0.716. The van der Waals surface area contributed by atoms with Gasteiger partial charge in [-0.05, 0) is 43.4 Å². The minimum absolute atomic E-state index is 0.716. The molecule has 3 aromatic heterocycles. The molecule has 8 heteroatoms. The van der Waals surface area contributed by atoms with Crippen LogP contribution in [0.3, 0.4) is 0 Å². The number of rotatable bonds is 5. The van der Waals surface area contributed by atoms with Crippen molar-refractivity contribution in [3.63, 3.8) is 0 Å². The maximum Gasteiger partial charge on any atom is 0.199 e. The molecule has 0 amide bonds. The van der Waals surface area contributed by atoms with Crippen molar-refractivity contribution in [1.82, 2.24) is 29.2 Å². The van der Waals surface area contributed by atoms with Crippen LogP contribution in [0.5, 0.6) is 0 Å². The van der Waals surface area contributed by atoms with E-state index in [0.717, 1.165) is 48.9 Å². The van der Waals surface area contributed by atoms with Crippen LogP contribution >= 0.6 is 12.2 Å². The van der Waals surface area contributed by atoms with Crippen LogP contribution in [0.2, 0.25) is 0 Å². The Morgan fingerprint density at radius 1 is 0.926 bits per heavy atom. The van der Waals surface area contributed by atoms with Crippen LogP contribution in [0, 0.1) is 4.77 Å². The van der Waals surface area contributed by atoms with Gasteiger partial charge in [0.2, 0.25) is 0 Å². The first-order valence-corrected chi connectivity index (χ1v) is 9.62. The Hall–Kier alpha value is -2.58. The van der Waals surface area contributed by atoms with Crippen LogP contribution in [0.25, 0.3) is 11.4 Å². The van der Waals surface area contributed by atoms with Gasteiger partial charge in [-0.2, -0.15) is 5.10 Å². The molecule has 0 saturated carbocycles. The summed E-state index contributed by atoms with van der Waals surface area (Å²) in [6.45, 7) is 7.55. The van der Waals surface area contributed by atoms with E-state index in [1.54, 1.807) is 12.4 Å². The van der Waals surface area contributed by atoms with Gasteiger partial charge in [0, 0.05) is 68.8 Å². The second kappa shape index (κ2) is 7.98. The third-order valence-corrected chi connectivity index (χ3v) is 5.34. The van der Waals surface area contributed by atoms with Crippen molar-refractivity contribution in [3.8, 4) is 11.4 Å². The van der Waals surface area contributed by atoms with Gasteiger partial charge in [-0.25, -0.2) is 4.68 Å². The highest BCUT2D eigenvalue weighted by Crippen LogP contribution is 2.19. The molecule has 0 atom stereocenters. The second-order valence-electron chi connectivity index (χ2n) is 6.54. The van der Waals surface area contributed by atoms with Crippen LogP contribution in [-0.2, 0) is 13.2 Å². The number of aromatic nitrogens is 5.